The third-order valence-corrected chi connectivity index (χ3v) is 3.25. The minimum atomic E-state index is -0.459. The van der Waals surface area contributed by atoms with Gasteiger partial charge in [0, 0.05) is 19.1 Å². The van der Waals surface area contributed by atoms with Crippen LogP contribution >= 0.6 is 0 Å². The smallest absolute Gasteiger partial charge is 0.269 e. The largest absolute Gasteiger partial charge is 0.295 e. The van der Waals surface area contributed by atoms with Crippen molar-refractivity contribution >= 4 is 34.8 Å². The molecule has 0 saturated heterocycles. The molecule has 0 unspecified atom stereocenters. The van der Waals surface area contributed by atoms with Crippen molar-refractivity contribution in [1.82, 2.24) is 9.66 Å². The van der Waals surface area contributed by atoms with E-state index >= 15 is 0 Å². The van der Waals surface area contributed by atoms with Crippen molar-refractivity contribution in [2.45, 2.75) is 6.92 Å². The molecule has 8 nitrogen and oxygen atoms in total. The number of nitro benzene ring substituents is 1. The first-order chi connectivity index (χ1) is 11.5. The predicted molar refractivity (Wildman–Crippen MR) is 90.1 cm³/mol. The van der Waals surface area contributed by atoms with Gasteiger partial charge in [-0.05, 0) is 29.8 Å². The summed E-state index contributed by atoms with van der Waals surface area (Å²) in [5.74, 6) is 0.0546. The molecule has 120 valence electrons. The van der Waals surface area contributed by atoms with Gasteiger partial charge in [0.25, 0.3) is 5.69 Å². The molecule has 0 fully saturated rings. The Hall–Kier alpha value is -3.55. The topological polar surface area (TPSA) is 102 Å². The number of amides is 1. The van der Waals surface area contributed by atoms with Gasteiger partial charge in [-0.2, -0.15) is 9.78 Å². The van der Waals surface area contributed by atoms with Crippen molar-refractivity contribution in [1.29, 1.82) is 0 Å². The number of hydrogen-bond donors (Lipinski definition) is 1. The lowest BCUT2D eigenvalue weighted by Crippen LogP contribution is -2.10. The fraction of sp³-hybridized carbons (Fsp3) is 0.0625. The lowest BCUT2D eigenvalue weighted by atomic mass is 10.2. The number of imidazole rings is 1. The second-order valence-corrected chi connectivity index (χ2v) is 5.01. The van der Waals surface area contributed by atoms with Crippen molar-refractivity contribution in [3.8, 4) is 0 Å². The van der Waals surface area contributed by atoms with Crippen LogP contribution in [0.1, 0.15) is 12.5 Å². The molecule has 0 spiro atoms. The zero-order chi connectivity index (χ0) is 17.1. The lowest BCUT2D eigenvalue weighted by Gasteiger charge is -2.02. The number of carbonyl (C=O) groups is 1. The van der Waals surface area contributed by atoms with Crippen LogP contribution in [0.4, 0.5) is 11.6 Å². The highest BCUT2D eigenvalue weighted by atomic mass is 16.6. The molecule has 3 aromatic rings. The van der Waals surface area contributed by atoms with Gasteiger partial charge in [-0.1, -0.05) is 12.1 Å². The number of hydrogen-bond acceptors (Lipinski definition) is 5. The molecule has 0 aliphatic rings. The van der Waals surface area contributed by atoms with Gasteiger partial charge in [0.15, 0.2) is 0 Å². The van der Waals surface area contributed by atoms with Crippen molar-refractivity contribution in [3.05, 3.63) is 64.2 Å². The van der Waals surface area contributed by atoms with Crippen molar-refractivity contribution in [3.63, 3.8) is 0 Å². The zero-order valence-corrected chi connectivity index (χ0v) is 12.7. The van der Waals surface area contributed by atoms with E-state index in [4.69, 9.17) is 0 Å². The molecular formula is C16H13N5O3. The molecule has 0 atom stereocenters. The summed E-state index contributed by atoms with van der Waals surface area (Å²) < 4.78 is 1.51. The second-order valence-electron chi connectivity index (χ2n) is 5.01. The molecule has 1 aromatic heterocycles. The van der Waals surface area contributed by atoms with E-state index in [2.05, 4.69) is 15.4 Å². The van der Waals surface area contributed by atoms with Gasteiger partial charge >= 0.3 is 0 Å². The Kier molecular flexibility index (Phi) is 4.02. The second kappa shape index (κ2) is 6.29. The number of nitro groups is 1. The minimum absolute atomic E-state index is 0.0131. The maximum Gasteiger partial charge on any atom is 0.269 e. The van der Waals surface area contributed by atoms with Gasteiger partial charge in [-0.3, -0.25) is 20.2 Å². The Morgan fingerprint density at radius 2 is 1.96 bits per heavy atom. The number of carbonyl (C=O) groups excluding carboxylic acids is 1. The Morgan fingerprint density at radius 1 is 1.25 bits per heavy atom. The summed E-state index contributed by atoms with van der Waals surface area (Å²) in [6, 6.07) is 13.3. The number of nitrogens with one attached hydrogen (secondary N) is 1. The fourth-order valence-electron chi connectivity index (χ4n) is 2.18. The van der Waals surface area contributed by atoms with Crippen molar-refractivity contribution in [2.75, 3.05) is 5.32 Å². The number of aromatic nitrogens is 2. The van der Waals surface area contributed by atoms with Crippen LogP contribution in [0.25, 0.3) is 11.0 Å². The van der Waals surface area contributed by atoms with Crippen LogP contribution in [0.15, 0.2) is 53.6 Å². The molecule has 8 heteroatoms. The van der Waals surface area contributed by atoms with E-state index in [1.54, 1.807) is 18.3 Å². The number of nitrogens with zero attached hydrogens (tertiary/aromatic N) is 4. The molecule has 0 saturated carbocycles. The third kappa shape index (κ3) is 3.12. The van der Waals surface area contributed by atoms with E-state index in [0.717, 1.165) is 5.52 Å². The summed E-state index contributed by atoms with van der Waals surface area (Å²) in [6.45, 7) is 1.39. The van der Waals surface area contributed by atoms with Crippen LogP contribution in [0, 0.1) is 10.1 Å². The Balaban J connectivity index is 1.98. The molecule has 0 aliphatic carbocycles. The van der Waals surface area contributed by atoms with Crippen LogP contribution in [0.2, 0.25) is 0 Å². The Labute approximate surface area is 136 Å². The summed E-state index contributed by atoms with van der Waals surface area (Å²) >= 11 is 0. The molecule has 1 heterocycles. The normalized spacial score (nSPS) is 11.0. The van der Waals surface area contributed by atoms with Crippen LogP contribution in [-0.4, -0.2) is 26.7 Å². The SMILES string of the molecule is CC(=O)Nc1nc2ccccc2n1/N=C\c1ccc([N+](=O)[O-])cc1. The first-order valence-corrected chi connectivity index (χ1v) is 7.08. The van der Waals surface area contributed by atoms with E-state index in [9.17, 15) is 14.9 Å². The Bertz CT molecular complexity index is 944. The molecule has 0 bridgehead atoms. The molecule has 3 rings (SSSR count). The first kappa shape index (κ1) is 15.3. The monoisotopic (exact) mass is 323 g/mol. The number of non-ortho nitro benzene ring substituents is 1. The van der Waals surface area contributed by atoms with Crippen molar-refractivity contribution in [2.24, 2.45) is 5.10 Å². The summed E-state index contributed by atoms with van der Waals surface area (Å²) in [4.78, 5) is 25.9. The average molecular weight is 323 g/mol. The maximum absolute atomic E-state index is 11.3. The zero-order valence-electron chi connectivity index (χ0n) is 12.7. The van der Waals surface area contributed by atoms with Gasteiger partial charge in [-0.25, -0.2) is 4.98 Å². The fourth-order valence-corrected chi connectivity index (χ4v) is 2.18. The van der Waals surface area contributed by atoms with Crippen LogP contribution < -0.4 is 5.32 Å². The quantitative estimate of drug-likeness (QED) is 0.453. The molecule has 0 radical (unpaired) electrons. The van der Waals surface area contributed by atoms with E-state index in [0.29, 0.717) is 17.0 Å². The molecule has 1 N–H and O–H groups in total. The Morgan fingerprint density at radius 3 is 2.62 bits per heavy atom. The van der Waals surface area contributed by atoms with E-state index in [1.165, 1.54) is 23.7 Å². The summed E-state index contributed by atoms with van der Waals surface area (Å²) in [7, 11) is 0. The maximum atomic E-state index is 11.3. The summed E-state index contributed by atoms with van der Waals surface area (Å²) in [6.07, 6.45) is 1.54. The van der Waals surface area contributed by atoms with E-state index in [-0.39, 0.29) is 11.6 Å². The molecule has 1 amide bonds. The lowest BCUT2D eigenvalue weighted by molar-refractivity contribution is -0.384. The van der Waals surface area contributed by atoms with Gasteiger partial charge in [0.05, 0.1) is 22.2 Å². The van der Waals surface area contributed by atoms with E-state index in [1.807, 2.05) is 24.3 Å². The van der Waals surface area contributed by atoms with Gasteiger partial charge in [-0.15, -0.1) is 0 Å². The highest BCUT2D eigenvalue weighted by Gasteiger charge is 2.10. The minimum Gasteiger partial charge on any atom is -0.295 e. The number of anilines is 1. The number of para-hydroxylation sites is 2. The van der Waals surface area contributed by atoms with Crippen LogP contribution in [0.3, 0.4) is 0 Å². The van der Waals surface area contributed by atoms with Gasteiger partial charge in [0.2, 0.25) is 11.9 Å². The number of benzene rings is 2. The summed E-state index contributed by atoms with van der Waals surface area (Å²) in [5, 5.41) is 17.6. The van der Waals surface area contributed by atoms with E-state index < -0.39 is 4.92 Å². The predicted octanol–water partition coefficient (Wildman–Crippen LogP) is 2.79. The van der Waals surface area contributed by atoms with Crippen molar-refractivity contribution < 1.29 is 9.72 Å². The molecule has 0 aliphatic heterocycles. The standard InChI is InChI=1S/C16H13N5O3/c1-11(22)18-16-19-14-4-2-3-5-15(14)20(16)17-10-12-6-8-13(9-7-12)21(23)24/h2-10H,1H3,(H,18,19,22)/b17-10-. The number of fused-ring (bicyclic) bond motifs is 1. The first-order valence-electron chi connectivity index (χ1n) is 7.08. The van der Waals surface area contributed by atoms with Crippen LogP contribution in [0.5, 0.6) is 0 Å². The van der Waals surface area contributed by atoms with Gasteiger partial charge in [0.1, 0.15) is 0 Å². The van der Waals surface area contributed by atoms with Crippen LogP contribution in [-0.2, 0) is 4.79 Å². The highest BCUT2D eigenvalue weighted by molar-refractivity contribution is 5.90. The molecule has 24 heavy (non-hydrogen) atoms. The highest BCUT2D eigenvalue weighted by Crippen LogP contribution is 2.19. The average Bonchev–Trinajstić information content (AvgIpc) is 2.89. The van der Waals surface area contributed by atoms with Gasteiger partial charge < -0.3 is 0 Å². The molecule has 2 aromatic carbocycles. The number of rotatable bonds is 4. The molecular weight excluding hydrogens is 310 g/mol. The summed E-state index contributed by atoms with van der Waals surface area (Å²) in [5.41, 5.74) is 2.13. The third-order valence-electron chi connectivity index (χ3n) is 3.25.